The predicted molar refractivity (Wildman–Crippen MR) is 98.4 cm³/mol. The number of amides is 1. The second-order valence-corrected chi connectivity index (χ2v) is 6.90. The van der Waals surface area contributed by atoms with Crippen LogP contribution in [0, 0.1) is 0 Å². The minimum absolute atomic E-state index is 0.0166. The van der Waals surface area contributed by atoms with E-state index in [2.05, 4.69) is 4.90 Å². The van der Waals surface area contributed by atoms with Crippen LogP contribution >= 0.6 is 11.6 Å². The van der Waals surface area contributed by atoms with Gasteiger partial charge in [-0.15, -0.1) is 0 Å². The van der Waals surface area contributed by atoms with Gasteiger partial charge in [-0.3, -0.25) is 14.5 Å². The van der Waals surface area contributed by atoms with E-state index in [1.54, 1.807) is 14.0 Å². The van der Waals surface area contributed by atoms with Crippen LogP contribution < -0.4 is 0 Å². The summed E-state index contributed by atoms with van der Waals surface area (Å²) in [5.74, 6) is -0.455. The average molecular weight is 367 g/mol. The van der Waals surface area contributed by atoms with Crippen LogP contribution in [0.2, 0.25) is 5.02 Å². The van der Waals surface area contributed by atoms with Crippen molar-refractivity contribution in [1.82, 2.24) is 9.80 Å². The first kappa shape index (κ1) is 19.7. The molecule has 1 aromatic carbocycles. The van der Waals surface area contributed by atoms with Crippen molar-refractivity contribution >= 4 is 23.5 Å². The Kier molecular flexibility index (Phi) is 7.72. The Bertz CT molecular complexity index is 588. The third kappa shape index (κ3) is 6.01. The van der Waals surface area contributed by atoms with E-state index in [1.165, 1.54) is 17.7 Å². The fraction of sp³-hybridized carbons (Fsp3) is 0.579. The molecule has 0 heterocycles. The quantitative estimate of drug-likeness (QED) is 0.663. The molecule has 1 amide bonds. The molecule has 1 fully saturated rings. The van der Waals surface area contributed by atoms with Crippen LogP contribution in [0.5, 0.6) is 0 Å². The summed E-state index contributed by atoms with van der Waals surface area (Å²) in [7, 11) is 1.64. The van der Waals surface area contributed by atoms with Gasteiger partial charge in [0.15, 0.2) is 0 Å². The largest absolute Gasteiger partial charge is 0.465 e. The maximum absolute atomic E-state index is 12.6. The van der Waals surface area contributed by atoms with Crippen LogP contribution in [0.1, 0.15) is 38.2 Å². The summed E-state index contributed by atoms with van der Waals surface area (Å²) >= 11 is 6.29. The third-order valence-electron chi connectivity index (χ3n) is 4.61. The molecule has 1 saturated carbocycles. The topological polar surface area (TPSA) is 49.9 Å². The van der Waals surface area contributed by atoms with E-state index in [4.69, 9.17) is 16.3 Å². The zero-order valence-corrected chi connectivity index (χ0v) is 15.8. The van der Waals surface area contributed by atoms with Gasteiger partial charge in [0.2, 0.25) is 5.91 Å². The highest BCUT2D eigenvalue weighted by Crippen LogP contribution is 2.26. The molecule has 0 unspecified atom stereocenters. The Morgan fingerprint density at radius 1 is 1.20 bits per heavy atom. The van der Waals surface area contributed by atoms with Gasteiger partial charge in [-0.05, 0) is 31.4 Å². The van der Waals surface area contributed by atoms with Gasteiger partial charge < -0.3 is 9.64 Å². The van der Waals surface area contributed by atoms with Crippen LogP contribution in [0.15, 0.2) is 24.3 Å². The number of benzene rings is 1. The standard InChI is InChI=1S/C19H27ClN2O3/c1-3-25-19(24)14-21(2)18(23)13-22(16-9-5-6-10-16)12-15-8-4-7-11-17(15)20/h4,7-8,11,16H,3,5-6,9-10,12-14H2,1-2H3. The zero-order chi connectivity index (χ0) is 18.2. The number of carbonyl (C=O) groups excluding carboxylic acids is 2. The van der Waals surface area contributed by atoms with E-state index in [0.717, 1.165) is 23.4 Å². The molecule has 0 spiro atoms. The van der Waals surface area contributed by atoms with Crippen molar-refractivity contribution in [3.05, 3.63) is 34.9 Å². The van der Waals surface area contributed by atoms with Gasteiger partial charge in [0, 0.05) is 24.7 Å². The molecule has 2 rings (SSSR count). The highest BCUT2D eigenvalue weighted by atomic mass is 35.5. The molecule has 0 bridgehead atoms. The molecule has 25 heavy (non-hydrogen) atoms. The lowest BCUT2D eigenvalue weighted by Gasteiger charge is -2.30. The number of likely N-dealkylation sites (N-methyl/N-ethyl adjacent to an activating group) is 1. The van der Waals surface area contributed by atoms with E-state index < -0.39 is 0 Å². The minimum atomic E-state index is -0.378. The van der Waals surface area contributed by atoms with Gasteiger partial charge in [0.25, 0.3) is 0 Å². The molecule has 1 aliphatic carbocycles. The Labute approximate surface area is 154 Å². The molecular weight excluding hydrogens is 340 g/mol. The number of esters is 1. The van der Waals surface area contributed by atoms with Crippen molar-refractivity contribution in [1.29, 1.82) is 0 Å². The van der Waals surface area contributed by atoms with Gasteiger partial charge in [-0.25, -0.2) is 0 Å². The monoisotopic (exact) mass is 366 g/mol. The summed E-state index contributed by atoms with van der Waals surface area (Å²) in [5, 5.41) is 0.720. The van der Waals surface area contributed by atoms with Crippen LogP contribution in [0.25, 0.3) is 0 Å². The molecule has 0 saturated heterocycles. The van der Waals surface area contributed by atoms with Crippen molar-refractivity contribution < 1.29 is 14.3 Å². The van der Waals surface area contributed by atoms with Gasteiger partial charge in [0.1, 0.15) is 6.54 Å². The molecule has 1 aromatic rings. The van der Waals surface area contributed by atoms with Gasteiger partial charge >= 0.3 is 5.97 Å². The van der Waals surface area contributed by atoms with Crippen molar-refractivity contribution in [2.75, 3.05) is 26.7 Å². The first-order chi connectivity index (χ1) is 12.0. The summed E-state index contributed by atoms with van der Waals surface area (Å²) in [6, 6.07) is 8.12. The van der Waals surface area contributed by atoms with Crippen LogP contribution in [-0.4, -0.2) is 54.5 Å². The molecule has 0 aromatic heterocycles. The van der Waals surface area contributed by atoms with Crippen molar-refractivity contribution in [3.8, 4) is 0 Å². The fourth-order valence-electron chi connectivity index (χ4n) is 3.21. The van der Waals surface area contributed by atoms with Crippen LogP contribution in [0.4, 0.5) is 0 Å². The molecule has 1 aliphatic rings. The van der Waals surface area contributed by atoms with Gasteiger partial charge in [-0.1, -0.05) is 42.6 Å². The molecule has 0 atom stereocenters. The molecule has 5 nitrogen and oxygen atoms in total. The summed E-state index contributed by atoms with van der Waals surface area (Å²) in [6.07, 6.45) is 4.58. The summed E-state index contributed by atoms with van der Waals surface area (Å²) < 4.78 is 4.91. The highest BCUT2D eigenvalue weighted by Gasteiger charge is 2.26. The van der Waals surface area contributed by atoms with E-state index in [9.17, 15) is 9.59 Å². The lowest BCUT2D eigenvalue weighted by molar-refractivity contribution is -0.148. The number of halogens is 1. The highest BCUT2D eigenvalue weighted by molar-refractivity contribution is 6.31. The number of ether oxygens (including phenoxy) is 1. The predicted octanol–water partition coefficient (Wildman–Crippen LogP) is 3.11. The Morgan fingerprint density at radius 2 is 1.88 bits per heavy atom. The Morgan fingerprint density at radius 3 is 2.52 bits per heavy atom. The summed E-state index contributed by atoms with van der Waals surface area (Å²) in [6.45, 7) is 2.99. The molecular formula is C19H27ClN2O3. The third-order valence-corrected chi connectivity index (χ3v) is 4.98. The SMILES string of the molecule is CCOC(=O)CN(C)C(=O)CN(Cc1ccccc1Cl)C1CCCC1. The molecule has 6 heteroatoms. The van der Waals surface area contributed by atoms with E-state index in [0.29, 0.717) is 19.2 Å². The Hall–Kier alpha value is -1.59. The normalized spacial score (nSPS) is 14.7. The second-order valence-electron chi connectivity index (χ2n) is 6.49. The molecule has 0 N–H and O–H groups in total. The first-order valence-electron chi connectivity index (χ1n) is 8.88. The van der Waals surface area contributed by atoms with Crippen LogP contribution in [-0.2, 0) is 20.9 Å². The lowest BCUT2D eigenvalue weighted by atomic mass is 10.1. The molecule has 0 radical (unpaired) electrons. The lowest BCUT2D eigenvalue weighted by Crippen LogP contribution is -2.43. The summed E-state index contributed by atoms with van der Waals surface area (Å²) in [5.41, 5.74) is 1.02. The first-order valence-corrected chi connectivity index (χ1v) is 9.26. The number of hydrogen-bond donors (Lipinski definition) is 0. The van der Waals surface area contributed by atoms with Crippen molar-refractivity contribution in [3.63, 3.8) is 0 Å². The van der Waals surface area contributed by atoms with Gasteiger partial charge in [0.05, 0.1) is 13.2 Å². The van der Waals surface area contributed by atoms with Crippen LogP contribution in [0.3, 0.4) is 0 Å². The van der Waals surface area contributed by atoms with E-state index in [1.807, 2.05) is 24.3 Å². The number of rotatable bonds is 8. The summed E-state index contributed by atoms with van der Waals surface area (Å²) in [4.78, 5) is 27.8. The Balaban J connectivity index is 2.01. The fourth-order valence-corrected chi connectivity index (χ4v) is 3.41. The van der Waals surface area contributed by atoms with E-state index >= 15 is 0 Å². The maximum Gasteiger partial charge on any atom is 0.325 e. The van der Waals surface area contributed by atoms with Crippen molar-refractivity contribution in [2.45, 2.75) is 45.2 Å². The molecule has 138 valence electrons. The molecule has 0 aliphatic heterocycles. The smallest absolute Gasteiger partial charge is 0.325 e. The maximum atomic E-state index is 12.6. The van der Waals surface area contributed by atoms with Gasteiger partial charge in [-0.2, -0.15) is 0 Å². The number of hydrogen-bond acceptors (Lipinski definition) is 4. The average Bonchev–Trinajstić information content (AvgIpc) is 3.10. The van der Waals surface area contributed by atoms with Crippen molar-refractivity contribution in [2.24, 2.45) is 0 Å². The van der Waals surface area contributed by atoms with E-state index in [-0.39, 0.29) is 25.0 Å². The second kappa shape index (κ2) is 9.78. The number of nitrogens with zero attached hydrogens (tertiary/aromatic N) is 2. The number of carbonyl (C=O) groups is 2. The minimum Gasteiger partial charge on any atom is -0.465 e. The zero-order valence-electron chi connectivity index (χ0n) is 15.0.